The zero-order chi connectivity index (χ0) is 22.2. The number of carbonyl (C=O) groups excluding carboxylic acids is 1. The zero-order valence-corrected chi connectivity index (χ0v) is 18.9. The van der Waals surface area contributed by atoms with Gasteiger partial charge >= 0.3 is 0 Å². The van der Waals surface area contributed by atoms with E-state index in [1.807, 2.05) is 42.0 Å². The molecule has 1 heterocycles. The minimum atomic E-state index is -0.0703. The lowest BCUT2D eigenvalue weighted by atomic mass is 10.1. The summed E-state index contributed by atoms with van der Waals surface area (Å²) in [5, 5.41) is 9.77. The number of ether oxygens (including phenoxy) is 1. The van der Waals surface area contributed by atoms with Gasteiger partial charge < -0.3 is 9.64 Å². The molecule has 6 nitrogen and oxygen atoms in total. The van der Waals surface area contributed by atoms with Crippen LogP contribution in [0.5, 0.6) is 5.75 Å². The number of hydrogen-bond donors (Lipinski definition) is 0. The highest BCUT2D eigenvalue weighted by Crippen LogP contribution is 2.25. The Morgan fingerprint density at radius 2 is 1.97 bits per heavy atom. The molecule has 2 aromatic carbocycles. The molecule has 0 aliphatic heterocycles. The summed E-state index contributed by atoms with van der Waals surface area (Å²) in [5.41, 5.74) is 4.21. The molecule has 0 N–H and O–H groups in total. The summed E-state index contributed by atoms with van der Waals surface area (Å²) in [6.45, 7) is 7.01. The number of anilines is 1. The van der Waals surface area contributed by atoms with Gasteiger partial charge in [0, 0.05) is 30.3 Å². The van der Waals surface area contributed by atoms with Crippen molar-refractivity contribution in [1.29, 1.82) is 5.26 Å². The maximum Gasteiger partial charge on any atom is 0.237 e. The van der Waals surface area contributed by atoms with Gasteiger partial charge in [-0.1, -0.05) is 17.8 Å². The van der Waals surface area contributed by atoms with Crippen LogP contribution in [-0.2, 0) is 4.79 Å². The van der Waals surface area contributed by atoms with Crippen molar-refractivity contribution >= 4 is 23.4 Å². The standard InChI is InChI=1S/C24H26N4O2S/c1-4-30-22-10-8-20(9-11-22)27(14-5-12-25)23(29)17-31-24-26-13-15-28(24)21-7-6-18(2)19(3)16-21/h6-11,13,15-16H,4-5,14,17H2,1-3H3. The van der Waals surface area contributed by atoms with E-state index < -0.39 is 0 Å². The molecular weight excluding hydrogens is 408 g/mol. The van der Waals surface area contributed by atoms with Gasteiger partial charge in [-0.25, -0.2) is 4.98 Å². The quantitative estimate of drug-likeness (QED) is 0.447. The lowest BCUT2D eigenvalue weighted by Gasteiger charge is -2.22. The summed E-state index contributed by atoms with van der Waals surface area (Å²) in [7, 11) is 0. The van der Waals surface area contributed by atoms with Gasteiger partial charge in [0.05, 0.1) is 24.8 Å². The van der Waals surface area contributed by atoms with Crippen LogP contribution < -0.4 is 9.64 Å². The number of imidazole rings is 1. The molecule has 0 bridgehead atoms. The molecule has 0 saturated heterocycles. The Kier molecular flexibility index (Phi) is 7.74. The van der Waals surface area contributed by atoms with Gasteiger partial charge in [0.1, 0.15) is 5.75 Å². The van der Waals surface area contributed by atoms with Crippen LogP contribution in [0.1, 0.15) is 24.5 Å². The molecule has 1 aromatic heterocycles. The van der Waals surface area contributed by atoms with Crippen molar-refractivity contribution in [2.75, 3.05) is 23.8 Å². The Balaban J connectivity index is 1.73. The maximum absolute atomic E-state index is 13.0. The van der Waals surface area contributed by atoms with E-state index in [2.05, 4.69) is 43.1 Å². The van der Waals surface area contributed by atoms with Gasteiger partial charge in [-0.3, -0.25) is 9.36 Å². The third-order valence-corrected chi connectivity index (χ3v) is 5.86. The van der Waals surface area contributed by atoms with Crippen LogP contribution >= 0.6 is 11.8 Å². The number of aromatic nitrogens is 2. The number of amides is 1. The largest absolute Gasteiger partial charge is 0.494 e. The van der Waals surface area contributed by atoms with Crippen molar-refractivity contribution in [2.24, 2.45) is 0 Å². The summed E-state index contributed by atoms with van der Waals surface area (Å²) in [6, 6.07) is 15.7. The SMILES string of the molecule is CCOc1ccc(N(CCC#N)C(=O)CSc2nccn2-c2ccc(C)c(C)c2)cc1. The molecule has 160 valence electrons. The van der Waals surface area contributed by atoms with Crippen LogP contribution in [0.4, 0.5) is 5.69 Å². The van der Waals surface area contributed by atoms with Crippen LogP contribution in [0, 0.1) is 25.2 Å². The van der Waals surface area contributed by atoms with Gasteiger partial charge in [-0.15, -0.1) is 0 Å². The summed E-state index contributed by atoms with van der Waals surface area (Å²) in [6.07, 6.45) is 3.90. The highest BCUT2D eigenvalue weighted by Gasteiger charge is 2.18. The second-order valence-corrected chi connectivity index (χ2v) is 7.96. The van der Waals surface area contributed by atoms with Crippen LogP contribution in [0.25, 0.3) is 5.69 Å². The van der Waals surface area contributed by atoms with Crippen molar-refractivity contribution in [1.82, 2.24) is 9.55 Å². The molecule has 0 unspecified atom stereocenters. The van der Waals surface area contributed by atoms with E-state index in [4.69, 9.17) is 10.00 Å². The predicted molar refractivity (Wildman–Crippen MR) is 124 cm³/mol. The topological polar surface area (TPSA) is 71.2 Å². The molecule has 31 heavy (non-hydrogen) atoms. The number of nitriles is 1. The van der Waals surface area contributed by atoms with Crippen LogP contribution in [0.15, 0.2) is 60.0 Å². The Morgan fingerprint density at radius 1 is 1.19 bits per heavy atom. The smallest absolute Gasteiger partial charge is 0.237 e. The minimum absolute atomic E-state index is 0.0703. The molecule has 0 aliphatic rings. The second kappa shape index (κ2) is 10.7. The van der Waals surface area contributed by atoms with Crippen molar-refractivity contribution in [3.05, 3.63) is 66.0 Å². The molecule has 3 aromatic rings. The normalized spacial score (nSPS) is 10.5. The van der Waals surface area contributed by atoms with Gasteiger partial charge in [0.15, 0.2) is 5.16 Å². The Hall–Kier alpha value is -3.24. The van der Waals surface area contributed by atoms with E-state index in [-0.39, 0.29) is 18.1 Å². The highest BCUT2D eigenvalue weighted by atomic mass is 32.2. The lowest BCUT2D eigenvalue weighted by molar-refractivity contribution is -0.116. The predicted octanol–water partition coefficient (Wildman–Crippen LogP) is 4.93. The summed E-state index contributed by atoms with van der Waals surface area (Å²) in [5.74, 6) is 0.906. The number of hydrogen-bond acceptors (Lipinski definition) is 5. The first-order valence-electron chi connectivity index (χ1n) is 10.2. The summed E-state index contributed by atoms with van der Waals surface area (Å²) < 4.78 is 7.47. The number of nitrogens with zero attached hydrogens (tertiary/aromatic N) is 4. The van der Waals surface area contributed by atoms with E-state index in [0.717, 1.165) is 22.3 Å². The van der Waals surface area contributed by atoms with Crippen LogP contribution in [0.2, 0.25) is 0 Å². The monoisotopic (exact) mass is 434 g/mol. The number of rotatable bonds is 9. The molecular formula is C24H26N4O2S. The summed E-state index contributed by atoms with van der Waals surface area (Å²) in [4.78, 5) is 19.1. The molecule has 3 rings (SSSR count). The first-order valence-corrected chi connectivity index (χ1v) is 11.2. The summed E-state index contributed by atoms with van der Waals surface area (Å²) >= 11 is 1.39. The van der Waals surface area contributed by atoms with E-state index in [0.29, 0.717) is 13.2 Å². The highest BCUT2D eigenvalue weighted by molar-refractivity contribution is 7.99. The Morgan fingerprint density at radius 3 is 2.65 bits per heavy atom. The van der Waals surface area contributed by atoms with Gasteiger partial charge in [-0.05, 0) is 68.3 Å². The average molecular weight is 435 g/mol. The van der Waals surface area contributed by atoms with Crippen molar-refractivity contribution in [2.45, 2.75) is 32.3 Å². The van der Waals surface area contributed by atoms with Crippen molar-refractivity contribution in [3.8, 4) is 17.5 Å². The van der Waals surface area contributed by atoms with Crippen molar-refractivity contribution in [3.63, 3.8) is 0 Å². The van der Waals surface area contributed by atoms with Crippen LogP contribution in [-0.4, -0.2) is 34.4 Å². The van der Waals surface area contributed by atoms with Gasteiger partial charge in [0.25, 0.3) is 0 Å². The van der Waals surface area contributed by atoms with Gasteiger partial charge in [0.2, 0.25) is 5.91 Å². The number of carbonyl (C=O) groups is 1. The third-order valence-electron chi connectivity index (χ3n) is 4.91. The minimum Gasteiger partial charge on any atom is -0.494 e. The molecule has 0 aliphatic carbocycles. The second-order valence-electron chi connectivity index (χ2n) is 7.02. The molecule has 0 saturated carbocycles. The number of thioether (sulfide) groups is 1. The molecule has 0 spiro atoms. The average Bonchev–Trinajstić information content (AvgIpc) is 3.24. The molecule has 1 amide bonds. The fourth-order valence-corrected chi connectivity index (χ4v) is 3.97. The maximum atomic E-state index is 13.0. The Labute approximate surface area is 187 Å². The lowest BCUT2D eigenvalue weighted by Crippen LogP contribution is -2.33. The van der Waals surface area contributed by atoms with Crippen LogP contribution in [0.3, 0.4) is 0 Å². The van der Waals surface area contributed by atoms with Crippen molar-refractivity contribution < 1.29 is 9.53 Å². The fourth-order valence-electron chi connectivity index (χ4n) is 3.12. The molecule has 7 heteroatoms. The zero-order valence-electron chi connectivity index (χ0n) is 18.0. The number of aryl methyl sites for hydroxylation is 2. The third kappa shape index (κ3) is 5.68. The Bertz CT molecular complexity index is 1070. The first-order chi connectivity index (χ1) is 15.0. The van der Waals surface area contributed by atoms with Gasteiger partial charge in [-0.2, -0.15) is 5.26 Å². The van der Waals surface area contributed by atoms with E-state index in [1.165, 1.54) is 22.9 Å². The molecule has 0 fully saturated rings. The van der Waals surface area contributed by atoms with E-state index in [9.17, 15) is 4.79 Å². The molecule has 0 atom stereocenters. The first kappa shape index (κ1) is 22.4. The number of benzene rings is 2. The molecule has 0 radical (unpaired) electrons. The fraction of sp³-hybridized carbons (Fsp3) is 0.292. The van der Waals surface area contributed by atoms with E-state index >= 15 is 0 Å². The van der Waals surface area contributed by atoms with E-state index in [1.54, 1.807) is 11.1 Å².